The lowest BCUT2D eigenvalue weighted by atomic mass is 9.85. The predicted octanol–water partition coefficient (Wildman–Crippen LogP) is 2.89. The molecule has 0 aromatic carbocycles. The van der Waals surface area contributed by atoms with E-state index in [1.54, 1.807) is 0 Å². The molecule has 2 nitrogen and oxygen atoms in total. The average Bonchev–Trinajstić information content (AvgIpc) is 2.10. The van der Waals surface area contributed by atoms with E-state index in [4.69, 9.17) is 5.26 Å². The van der Waals surface area contributed by atoms with E-state index >= 15 is 0 Å². The van der Waals surface area contributed by atoms with Crippen LogP contribution in [0.1, 0.15) is 40.0 Å². The van der Waals surface area contributed by atoms with Crippen LogP contribution < -0.4 is 0 Å². The molecular formula is C12H21NO. The van der Waals surface area contributed by atoms with E-state index < -0.39 is 6.10 Å². The lowest BCUT2D eigenvalue weighted by molar-refractivity contribution is 0.156. The molecule has 1 unspecified atom stereocenters. The Morgan fingerprint density at radius 2 is 2.07 bits per heavy atom. The smallest absolute Gasteiger partial charge is 0.0747 e. The van der Waals surface area contributed by atoms with Gasteiger partial charge in [-0.15, -0.1) is 0 Å². The summed E-state index contributed by atoms with van der Waals surface area (Å²) in [5.41, 5.74) is 0.813. The first-order valence-electron chi connectivity index (χ1n) is 5.19. The summed E-state index contributed by atoms with van der Waals surface area (Å²) >= 11 is 0. The lowest BCUT2D eigenvalue weighted by Gasteiger charge is -2.22. The molecule has 0 aliphatic carbocycles. The van der Waals surface area contributed by atoms with Crippen LogP contribution in [0.4, 0.5) is 0 Å². The van der Waals surface area contributed by atoms with Gasteiger partial charge < -0.3 is 5.11 Å². The molecule has 0 spiro atoms. The van der Waals surface area contributed by atoms with Gasteiger partial charge in [-0.1, -0.05) is 26.0 Å². The van der Waals surface area contributed by atoms with E-state index in [0.717, 1.165) is 18.4 Å². The molecule has 0 radical (unpaired) electrons. The first-order chi connectivity index (χ1) is 6.49. The molecule has 0 amide bonds. The fraction of sp³-hybridized carbons (Fsp3) is 0.750. The minimum atomic E-state index is -0.416. The third-order valence-corrected chi connectivity index (χ3v) is 2.66. The zero-order valence-corrected chi connectivity index (χ0v) is 9.45. The molecule has 0 aliphatic heterocycles. The van der Waals surface area contributed by atoms with Crippen molar-refractivity contribution in [1.29, 1.82) is 5.26 Å². The SMILES string of the molecule is C=C(C)C(O)C[C@@H](CCC#N)C(C)C. The molecule has 0 aromatic heterocycles. The molecule has 2 atom stereocenters. The Hall–Kier alpha value is -0.810. The molecular weight excluding hydrogens is 174 g/mol. The maximum Gasteiger partial charge on any atom is 0.0747 e. The Morgan fingerprint density at radius 1 is 1.50 bits per heavy atom. The van der Waals surface area contributed by atoms with E-state index in [1.165, 1.54) is 0 Å². The topological polar surface area (TPSA) is 44.0 Å². The molecule has 0 bridgehead atoms. The highest BCUT2D eigenvalue weighted by atomic mass is 16.3. The van der Waals surface area contributed by atoms with Gasteiger partial charge in [-0.2, -0.15) is 5.26 Å². The maximum absolute atomic E-state index is 9.66. The Morgan fingerprint density at radius 3 is 2.43 bits per heavy atom. The second kappa shape index (κ2) is 6.62. The monoisotopic (exact) mass is 195 g/mol. The van der Waals surface area contributed by atoms with E-state index in [-0.39, 0.29) is 0 Å². The Balaban J connectivity index is 4.10. The fourth-order valence-electron chi connectivity index (χ4n) is 1.46. The minimum Gasteiger partial charge on any atom is -0.389 e. The second-order valence-electron chi connectivity index (χ2n) is 4.30. The molecule has 0 saturated carbocycles. The molecule has 0 saturated heterocycles. The summed E-state index contributed by atoms with van der Waals surface area (Å²) in [6, 6.07) is 2.15. The van der Waals surface area contributed by atoms with Crippen LogP contribution in [0.25, 0.3) is 0 Å². The highest BCUT2D eigenvalue weighted by Gasteiger charge is 2.17. The van der Waals surface area contributed by atoms with Crippen molar-refractivity contribution in [3.63, 3.8) is 0 Å². The molecule has 0 aromatic rings. The van der Waals surface area contributed by atoms with Gasteiger partial charge in [0.2, 0.25) is 0 Å². The number of nitriles is 1. The van der Waals surface area contributed by atoms with Crippen molar-refractivity contribution in [3.05, 3.63) is 12.2 Å². The van der Waals surface area contributed by atoms with Gasteiger partial charge in [0.1, 0.15) is 0 Å². The van der Waals surface area contributed by atoms with Gasteiger partial charge in [-0.25, -0.2) is 0 Å². The van der Waals surface area contributed by atoms with Crippen molar-refractivity contribution in [3.8, 4) is 6.07 Å². The summed E-state index contributed by atoms with van der Waals surface area (Å²) in [6.45, 7) is 9.84. The maximum atomic E-state index is 9.66. The van der Waals surface area contributed by atoms with E-state index in [2.05, 4.69) is 26.5 Å². The van der Waals surface area contributed by atoms with Crippen molar-refractivity contribution >= 4 is 0 Å². The minimum absolute atomic E-state index is 0.416. The van der Waals surface area contributed by atoms with Gasteiger partial charge in [0.15, 0.2) is 0 Å². The summed E-state index contributed by atoms with van der Waals surface area (Å²) < 4.78 is 0. The average molecular weight is 195 g/mol. The number of hydrogen-bond acceptors (Lipinski definition) is 2. The van der Waals surface area contributed by atoms with Crippen LogP contribution in [0.3, 0.4) is 0 Å². The van der Waals surface area contributed by atoms with Crippen molar-refractivity contribution < 1.29 is 5.11 Å². The van der Waals surface area contributed by atoms with Crippen LogP contribution >= 0.6 is 0 Å². The van der Waals surface area contributed by atoms with Crippen LogP contribution in [-0.4, -0.2) is 11.2 Å². The van der Waals surface area contributed by atoms with Crippen molar-refractivity contribution in [1.82, 2.24) is 0 Å². The number of aliphatic hydroxyl groups is 1. The number of nitrogens with zero attached hydrogens (tertiary/aromatic N) is 1. The first kappa shape index (κ1) is 13.2. The van der Waals surface area contributed by atoms with Crippen LogP contribution in [0.5, 0.6) is 0 Å². The van der Waals surface area contributed by atoms with Crippen molar-refractivity contribution in [2.75, 3.05) is 0 Å². The van der Waals surface area contributed by atoms with Gasteiger partial charge in [-0.05, 0) is 31.6 Å². The molecule has 0 rings (SSSR count). The van der Waals surface area contributed by atoms with E-state index in [1.807, 2.05) is 6.92 Å². The third-order valence-electron chi connectivity index (χ3n) is 2.66. The van der Waals surface area contributed by atoms with Gasteiger partial charge in [0.05, 0.1) is 12.2 Å². The van der Waals surface area contributed by atoms with Gasteiger partial charge in [0.25, 0.3) is 0 Å². The highest BCUT2D eigenvalue weighted by Crippen LogP contribution is 2.24. The van der Waals surface area contributed by atoms with Gasteiger partial charge in [0, 0.05) is 6.42 Å². The summed E-state index contributed by atoms with van der Waals surface area (Å²) in [7, 11) is 0. The van der Waals surface area contributed by atoms with E-state index in [9.17, 15) is 5.11 Å². The third kappa shape index (κ3) is 5.04. The highest BCUT2D eigenvalue weighted by molar-refractivity contribution is 4.97. The van der Waals surface area contributed by atoms with Gasteiger partial charge >= 0.3 is 0 Å². The van der Waals surface area contributed by atoms with Crippen molar-refractivity contribution in [2.45, 2.75) is 46.1 Å². The summed E-state index contributed by atoms with van der Waals surface area (Å²) in [4.78, 5) is 0. The Bertz CT molecular complexity index is 215. The standard InChI is InChI=1S/C12H21NO/c1-9(2)11(6-5-7-13)8-12(14)10(3)4/h9,11-12,14H,3,5-6,8H2,1-2,4H3/t11-,12?/m1/s1. The van der Waals surface area contributed by atoms with E-state index in [0.29, 0.717) is 18.3 Å². The van der Waals surface area contributed by atoms with Crippen molar-refractivity contribution in [2.24, 2.45) is 11.8 Å². The summed E-state index contributed by atoms with van der Waals surface area (Å²) in [5, 5.41) is 18.2. The number of rotatable bonds is 6. The zero-order valence-electron chi connectivity index (χ0n) is 9.45. The Labute approximate surface area is 87.3 Å². The number of aliphatic hydroxyl groups excluding tert-OH is 1. The summed E-state index contributed by atoms with van der Waals surface area (Å²) in [6.07, 6.45) is 1.76. The largest absolute Gasteiger partial charge is 0.389 e. The molecule has 14 heavy (non-hydrogen) atoms. The molecule has 1 N–H and O–H groups in total. The van der Waals surface area contributed by atoms with Crippen LogP contribution in [-0.2, 0) is 0 Å². The normalized spacial score (nSPS) is 14.9. The van der Waals surface area contributed by atoms with Crippen LogP contribution in [0, 0.1) is 23.2 Å². The quantitative estimate of drug-likeness (QED) is 0.662. The molecule has 0 heterocycles. The first-order valence-corrected chi connectivity index (χ1v) is 5.19. The number of hydrogen-bond donors (Lipinski definition) is 1. The van der Waals surface area contributed by atoms with Gasteiger partial charge in [-0.3, -0.25) is 0 Å². The molecule has 0 aliphatic rings. The van der Waals surface area contributed by atoms with Crippen LogP contribution in [0.2, 0.25) is 0 Å². The predicted molar refractivity (Wildman–Crippen MR) is 58.6 cm³/mol. The summed E-state index contributed by atoms with van der Waals surface area (Å²) in [5.74, 6) is 0.929. The Kier molecular flexibility index (Phi) is 6.23. The fourth-order valence-corrected chi connectivity index (χ4v) is 1.46. The van der Waals surface area contributed by atoms with Crippen LogP contribution in [0.15, 0.2) is 12.2 Å². The zero-order chi connectivity index (χ0) is 11.1. The molecule has 0 fully saturated rings. The second-order valence-corrected chi connectivity index (χ2v) is 4.30. The molecule has 80 valence electrons. The lowest BCUT2D eigenvalue weighted by Crippen LogP contribution is -2.18. The molecule has 2 heteroatoms.